The highest BCUT2D eigenvalue weighted by atomic mass is 19.1. The minimum atomic E-state index is -0.681. The van der Waals surface area contributed by atoms with Crippen molar-refractivity contribution in [1.29, 1.82) is 0 Å². The molecule has 210 valence electrons. The van der Waals surface area contributed by atoms with Gasteiger partial charge < -0.3 is 19.7 Å². The minimum Gasteiger partial charge on any atom is -0.337 e. The van der Waals surface area contributed by atoms with E-state index in [0.29, 0.717) is 47.5 Å². The van der Waals surface area contributed by atoms with Gasteiger partial charge in [-0.15, -0.1) is 0 Å². The van der Waals surface area contributed by atoms with Crippen molar-refractivity contribution in [3.8, 4) is 11.3 Å². The number of rotatable bonds is 5. The normalized spacial score (nSPS) is 16.5. The first-order chi connectivity index (χ1) is 19.0. The van der Waals surface area contributed by atoms with Gasteiger partial charge in [0, 0.05) is 37.3 Å². The molecule has 40 heavy (non-hydrogen) atoms. The number of carbonyl (C=O) groups is 1. The number of carbonyl (C=O) groups excluding carboxylic acids is 1. The number of imidazole rings is 1. The Morgan fingerprint density at radius 1 is 1.05 bits per heavy atom. The highest BCUT2D eigenvalue weighted by molar-refractivity contribution is 5.95. The monoisotopic (exact) mass is 548 g/mol. The molecule has 1 saturated heterocycles. The van der Waals surface area contributed by atoms with Crippen LogP contribution < -0.4 is 5.32 Å². The molecule has 1 amide bonds. The highest BCUT2D eigenvalue weighted by Gasteiger charge is 2.24. The maximum absolute atomic E-state index is 15.0. The quantitative estimate of drug-likeness (QED) is 0.363. The summed E-state index contributed by atoms with van der Waals surface area (Å²) in [5.41, 5.74) is 2.13. The summed E-state index contributed by atoms with van der Waals surface area (Å²) in [6, 6.07) is 6.80. The molecule has 1 aromatic carbocycles. The van der Waals surface area contributed by atoms with Crippen molar-refractivity contribution in [3.05, 3.63) is 59.2 Å². The Morgan fingerprint density at radius 2 is 1.82 bits per heavy atom. The average Bonchev–Trinajstić information content (AvgIpc) is 3.16. The van der Waals surface area contributed by atoms with E-state index in [2.05, 4.69) is 44.1 Å². The smallest absolute Gasteiger partial charge is 0.255 e. The number of hydrogen-bond acceptors (Lipinski definition) is 7. The third-order valence-corrected chi connectivity index (χ3v) is 7.59. The number of nitrogens with one attached hydrogen (secondary N) is 1. The van der Waals surface area contributed by atoms with Gasteiger partial charge in [-0.3, -0.25) is 4.79 Å². The van der Waals surface area contributed by atoms with Crippen molar-refractivity contribution < 1.29 is 13.6 Å². The lowest BCUT2D eigenvalue weighted by Crippen LogP contribution is -2.35. The SMILES string of the molecule is Cc1nc(Nc2ncc(F)c(-c3cc(F)c4nc(C)n(C(C)C)c4c3)n2)ccc1C(=O)N1CCC(C)N(C)CC1. The molecule has 0 radical (unpaired) electrons. The molecule has 0 spiro atoms. The molecule has 0 aliphatic carbocycles. The fourth-order valence-corrected chi connectivity index (χ4v) is 5.21. The molecule has 1 fully saturated rings. The molecule has 1 unspecified atom stereocenters. The second-order valence-electron chi connectivity index (χ2n) is 10.7. The van der Waals surface area contributed by atoms with Crippen LogP contribution in [0.2, 0.25) is 0 Å². The Labute approximate surface area is 232 Å². The summed E-state index contributed by atoms with van der Waals surface area (Å²) in [5.74, 6) is -0.100. The van der Waals surface area contributed by atoms with E-state index in [1.54, 1.807) is 25.1 Å². The fraction of sp³-hybridized carbons (Fsp3) is 0.414. The van der Waals surface area contributed by atoms with Gasteiger partial charge in [-0.2, -0.15) is 0 Å². The summed E-state index contributed by atoms with van der Waals surface area (Å²) in [6.45, 7) is 11.9. The molecule has 1 N–H and O–H groups in total. The molecule has 1 atom stereocenters. The topological polar surface area (TPSA) is 92.1 Å². The number of anilines is 2. The van der Waals surface area contributed by atoms with Gasteiger partial charge in [0.25, 0.3) is 5.91 Å². The van der Waals surface area contributed by atoms with Gasteiger partial charge in [0.15, 0.2) is 11.6 Å². The molecular formula is C29H34F2N8O. The third kappa shape index (κ3) is 5.25. The first-order valence-electron chi connectivity index (χ1n) is 13.5. The van der Waals surface area contributed by atoms with Gasteiger partial charge in [0.1, 0.15) is 22.9 Å². The summed E-state index contributed by atoms with van der Waals surface area (Å²) >= 11 is 0. The zero-order valence-electron chi connectivity index (χ0n) is 23.7. The number of aromatic nitrogens is 5. The fourth-order valence-electron chi connectivity index (χ4n) is 5.21. The molecular weight excluding hydrogens is 514 g/mol. The molecule has 0 bridgehead atoms. The summed E-state index contributed by atoms with van der Waals surface area (Å²) < 4.78 is 31.8. The molecule has 1 aliphatic heterocycles. The molecule has 0 saturated carbocycles. The lowest BCUT2D eigenvalue weighted by Gasteiger charge is -2.21. The molecule has 11 heteroatoms. The zero-order valence-corrected chi connectivity index (χ0v) is 23.7. The Kier molecular flexibility index (Phi) is 7.50. The summed E-state index contributed by atoms with van der Waals surface area (Å²) in [5, 5.41) is 2.99. The Morgan fingerprint density at radius 3 is 2.55 bits per heavy atom. The van der Waals surface area contributed by atoms with Gasteiger partial charge in [-0.05, 0) is 72.4 Å². The van der Waals surface area contributed by atoms with Crippen LogP contribution >= 0.6 is 0 Å². The van der Waals surface area contributed by atoms with Gasteiger partial charge in [-0.1, -0.05) is 0 Å². The van der Waals surface area contributed by atoms with Crippen LogP contribution in [0.3, 0.4) is 0 Å². The number of pyridine rings is 1. The van der Waals surface area contributed by atoms with Crippen LogP contribution in [0.4, 0.5) is 20.5 Å². The van der Waals surface area contributed by atoms with Crippen LogP contribution in [-0.4, -0.2) is 72.9 Å². The van der Waals surface area contributed by atoms with Gasteiger partial charge in [0.05, 0.1) is 23.0 Å². The predicted molar refractivity (Wildman–Crippen MR) is 151 cm³/mol. The van der Waals surface area contributed by atoms with Crippen molar-refractivity contribution in [2.24, 2.45) is 0 Å². The van der Waals surface area contributed by atoms with Crippen LogP contribution in [-0.2, 0) is 0 Å². The van der Waals surface area contributed by atoms with E-state index in [9.17, 15) is 9.18 Å². The first kappa shape index (κ1) is 27.6. The van der Waals surface area contributed by atoms with Crippen molar-refractivity contribution in [2.45, 2.75) is 53.1 Å². The van der Waals surface area contributed by atoms with Gasteiger partial charge >= 0.3 is 0 Å². The second kappa shape index (κ2) is 10.9. The zero-order chi connectivity index (χ0) is 28.7. The Hall–Kier alpha value is -3.99. The third-order valence-electron chi connectivity index (χ3n) is 7.59. The van der Waals surface area contributed by atoms with Crippen LogP contribution in [0.1, 0.15) is 55.1 Å². The van der Waals surface area contributed by atoms with Crippen LogP contribution in [0.15, 0.2) is 30.5 Å². The first-order valence-corrected chi connectivity index (χ1v) is 13.5. The second-order valence-corrected chi connectivity index (χ2v) is 10.7. The number of benzene rings is 1. The maximum atomic E-state index is 15.0. The molecule has 1 aliphatic rings. The number of amides is 1. The van der Waals surface area contributed by atoms with Crippen molar-refractivity contribution in [1.82, 2.24) is 34.3 Å². The number of hydrogen-bond donors (Lipinski definition) is 1. The largest absolute Gasteiger partial charge is 0.337 e. The van der Waals surface area contributed by atoms with E-state index in [1.807, 2.05) is 30.2 Å². The van der Waals surface area contributed by atoms with Crippen molar-refractivity contribution in [2.75, 3.05) is 32.0 Å². The van der Waals surface area contributed by atoms with Crippen LogP contribution in [0.5, 0.6) is 0 Å². The van der Waals surface area contributed by atoms with Crippen LogP contribution in [0.25, 0.3) is 22.3 Å². The summed E-state index contributed by atoms with van der Waals surface area (Å²) in [4.78, 5) is 34.6. The van der Waals surface area contributed by atoms with E-state index < -0.39 is 11.6 Å². The van der Waals surface area contributed by atoms with Crippen LogP contribution in [0, 0.1) is 25.5 Å². The van der Waals surface area contributed by atoms with Gasteiger partial charge in [-0.25, -0.2) is 28.7 Å². The number of halogens is 2. The Bertz CT molecular complexity index is 1570. The standard InChI is InChI=1S/C29H34F2N8O/c1-16(2)39-19(5)34-27-22(30)13-20(14-24(27)39)26-23(31)15-32-29(36-26)35-25-8-7-21(18(4)33-25)28(40)38-10-9-17(3)37(6)11-12-38/h7-8,13-17H,9-12H2,1-6H3,(H,32,33,35,36). The van der Waals surface area contributed by atoms with E-state index in [1.165, 1.54) is 6.07 Å². The van der Waals surface area contributed by atoms with Crippen molar-refractivity contribution in [3.63, 3.8) is 0 Å². The molecule has 3 aromatic heterocycles. The number of fused-ring (bicyclic) bond motifs is 1. The van der Waals surface area contributed by atoms with E-state index in [0.717, 1.165) is 19.2 Å². The Balaban J connectivity index is 1.40. The number of nitrogens with zero attached hydrogens (tertiary/aromatic N) is 7. The highest BCUT2D eigenvalue weighted by Crippen LogP contribution is 2.30. The molecule has 9 nitrogen and oxygen atoms in total. The summed E-state index contributed by atoms with van der Waals surface area (Å²) in [6.07, 6.45) is 1.95. The minimum absolute atomic E-state index is 0.0422. The lowest BCUT2D eigenvalue weighted by molar-refractivity contribution is 0.0761. The molecule has 4 heterocycles. The summed E-state index contributed by atoms with van der Waals surface area (Å²) in [7, 11) is 2.07. The molecule has 4 aromatic rings. The average molecular weight is 549 g/mol. The number of aryl methyl sites for hydroxylation is 2. The van der Waals surface area contributed by atoms with Gasteiger partial charge in [0.2, 0.25) is 5.95 Å². The lowest BCUT2D eigenvalue weighted by atomic mass is 10.1. The van der Waals surface area contributed by atoms with Crippen molar-refractivity contribution >= 4 is 28.7 Å². The molecule has 5 rings (SSSR count). The van der Waals surface area contributed by atoms with E-state index >= 15 is 4.39 Å². The number of likely N-dealkylation sites (N-methyl/N-ethyl adjacent to an activating group) is 1. The maximum Gasteiger partial charge on any atom is 0.255 e. The van der Waals surface area contributed by atoms with E-state index in [-0.39, 0.29) is 34.7 Å². The van der Waals surface area contributed by atoms with E-state index in [4.69, 9.17) is 0 Å². The predicted octanol–water partition coefficient (Wildman–Crippen LogP) is 5.27.